The van der Waals surface area contributed by atoms with Crippen LogP contribution < -0.4 is 16.0 Å². The summed E-state index contributed by atoms with van der Waals surface area (Å²) in [4.78, 5) is 25.8. The van der Waals surface area contributed by atoms with Crippen LogP contribution in [0.2, 0.25) is 0 Å². The van der Waals surface area contributed by atoms with E-state index in [4.69, 9.17) is 4.99 Å². The summed E-state index contributed by atoms with van der Waals surface area (Å²) < 4.78 is 0. The van der Waals surface area contributed by atoms with Gasteiger partial charge in [0.1, 0.15) is 0 Å². The van der Waals surface area contributed by atoms with Gasteiger partial charge in [0.2, 0.25) is 5.91 Å². The molecule has 1 amide bonds. The summed E-state index contributed by atoms with van der Waals surface area (Å²) in [7, 11) is 1.70. The number of guanidine groups is 1. The van der Waals surface area contributed by atoms with Crippen molar-refractivity contribution in [3.8, 4) is 0 Å². The number of likely N-dealkylation sites (N-methyl/N-ethyl adjacent to an activating group) is 1. The molecule has 182 valence electrons. The third-order valence-corrected chi connectivity index (χ3v) is 7.01. The molecule has 0 unspecified atom stereocenters. The minimum absolute atomic E-state index is 0. The number of aryl methyl sites for hydroxylation is 1. The molecular formula is C22H40IN7OS. The minimum Gasteiger partial charge on any atom is -0.358 e. The van der Waals surface area contributed by atoms with Gasteiger partial charge in [-0.15, -0.1) is 35.3 Å². The molecule has 1 aromatic rings. The monoisotopic (exact) mass is 577 g/mol. The van der Waals surface area contributed by atoms with Gasteiger partial charge in [-0.05, 0) is 58.5 Å². The van der Waals surface area contributed by atoms with E-state index in [9.17, 15) is 4.79 Å². The summed E-state index contributed by atoms with van der Waals surface area (Å²) in [5.74, 6) is 1.68. The van der Waals surface area contributed by atoms with E-state index in [1.807, 2.05) is 0 Å². The molecule has 0 saturated carbocycles. The van der Waals surface area contributed by atoms with Crippen molar-refractivity contribution in [1.29, 1.82) is 0 Å². The molecule has 0 aromatic carbocycles. The number of nitrogens with zero attached hydrogens (tertiary/aromatic N) is 4. The van der Waals surface area contributed by atoms with Crippen LogP contribution in [0.3, 0.4) is 0 Å². The number of rotatable bonds is 8. The normalized spacial score (nSPS) is 19.4. The lowest BCUT2D eigenvalue weighted by atomic mass is 9.97. The number of carbonyl (C=O) groups excluding carboxylic acids is 1. The highest BCUT2D eigenvalue weighted by Crippen LogP contribution is 2.20. The minimum atomic E-state index is 0. The Morgan fingerprint density at radius 1 is 1.19 bits per heavy atom. The molecule has 10 heteroatoms. The number of hydrogen-bond acceptors (Lipinski definition) is 6. The average molecular weight is 578 g/mol. The van der Waals surface area contributed by atoms with Gasteiger partial charge in [-0.2, -0.15) is 0 Å². The maximum absolute atomic E-state index is 11.6. The molecule has 2 fully saturated rings. The van der Waals surface area contributed by atoms with Crippen molar-refractivity contribution in [3.05, 3.63) is 16.1 Å². The van der Waals surface area contributed by atoms with Crippen LogP contribution in [-0.2, 0) is 11.3 Å². The van der Waals surface area contributed by atoms with Gasteiger partial charge in [0.05, 0.1) is 17.2 Å². The summed E-state index contributed by atoms with van der Waals surface area (Å²) in [6.45, 7) is 11.6. The lowest BCUT2D eigenvalue weighted by Gasteiger charge is -2.33. The summed E-state index contributed by atoms with van der Waals surface area (Å²) >= 11 is 1.74. The molecule has 0 spiro atoms. The third kappa shape index (κ3) is 9.11. The fourth-order valence-corrected chi connectivity index (χ4v) is 4.89. The van der Waals surface area contributed by atoms with Crippen molar-refractivity contribution < 1.29 is 4.79 Å². The lowest BCUT2D eigenvalue weighted by molar-refractivity contribution is -0.122. The molecular weight excluding hydrogens is 537 g/mol. The molecule has 3 rings (SSSR count). The Morgan fingerprint density at radius 2 is 1.88 bits per heavy atom. The Bertz CT molecular complexity index is 713. The number of aromatic nitrogens is 1. The zero-order valence-electron chi connectivity index (χ0n) is 19.7. The molecule has 3 N–H and O–H groups in total. The van der Waals surface area contributed by atoms with E-state index in [2.05, 4.69) is 50.0 Å². The van der Waals surface area contributed by atoms with Gasteiger partial charge in [0, 0.05) is 51.2 Å². The van der Waals surface area contributed by atoms with Gasteiger partial charge in [0.25, 0.3) is 0 Å². The van der Waals surface area contributed by atoms with E-state index in [1.54, 1.807) is 18.4 Å². The molecule has 32 heavy (non-hydrogen) atoms. The summed E-state index contributed by atoms with van der Waals surface area (Å²) in [6, 6.07) is 0.419. The highest BCUT2D eigenvalue weighted by Gasteiger charge is 2.22. The summed E-state index contributed by atoms with van der Waals surface area (Å²) in [6.07, 6.45) is 4.47. The molecule has 0 bridgehead atoms. The standard InChI is InChI=1S/C22H39N7OS.HI/c1-4-24-22(27-19-7-11-29(12-8-19)15-21(30)23-3)25-13-18-5-9-28(10-6-18)14-20-16-31-17(2)26-20;/h16,18-19H,4-15H2,1-3H3,(H,23,30)(H2,24,25,27);1H. The largest absolute Gasteiger partial charge is 0.358 e. The fraction of sp³-hybridized carbons (Fsp3) is 0.773. The molecule has 8 nitrogen and oxygen atoms in total. The predicted molar refractivity (Wildman–Crippen MR) is 143 cm³/mol. The summed E-state index contributed by atoms with van der Waals surface area (Å²) in [5, 5.41) is 13.1. The van der Waals surface area contributed by atoms with Gasteiger partial charge in [-0.3, -0.25) is 19.6 Å². The highest BCUT2D eigenvalue weighted by atomic mass is 127. The second kappa shape index (κ2) is 14.3. The summed E-state index contributed by atoms with van der Waals surface area (Å²) in [5.41, 5.74) is 1.21. The van der Waals surface area contributed by atoms with E-state index < -0.39 is 0 Å². The third-order valence-electron chi connectivity index (χ3n) is 6.19. The zero-order valence-corrected chi connectivity index (χ0v) is 22.9. The first-order valence-corrected chi connectivity index (χ1v) is 12.5. The van der Waals surface area contributed by atoms with Crippen molar-refractivity contribution in [2.24, 2.45) is 10.9 Å². The van der Waals surface area contributed by atoms with Crippen LogP contribution in [0.25, 0.3) is 0 Å². The number of hydrogen-bond donors (Lipinski definition) is 3. The van der Waals surface area contributed by atoms with E-state index in [-0.39, 0.29) is 29.9 Å². The molecule has 1 aromatic heterocycles. The number of amides is 1. The van der Waals surface area contributed by atoms with Crippen LogP contribution in [-0.4, -0.2) is 85.6 Å². The van der Waals surface area contributed by atoms with Crippen LogP contribution in [0.1, 0.15) is 43.3 Å². The molecule has 2 saturated heterocycles. The number of nitrogens with one attached hydrogen (secondary N) is 3. The van der Waals surface area contributed by atoms with Crippen molar-refractivity contribution >= 4 is 47.2 Å². The van der Waals surface area contributed by atoms with E-state index >= 15 is 0 Å². The number of likely N-dealkylation sites (tertiary alicyclic amines) is 2. The van der Waals surface area contributed by atoms with Crippen LogP contribution in [0.15, 0.2) is 10.4 Å². The number of thiazole rings is 1. The van der Waals surface area contributed by atoms with Gasteiger partial charge in [0.15, 0.2) is 5.96 Å². The highest BCUT2D eigenvalue weighted by molar-refractivity contribution is 14.0. The lowest BCUT2D eigenvalue weighted by Crippen LogP contribution is -2.50. The van der Waals surface area contributed by atoms with E-state index in [0.717, 1.165) is 69.6 Å². The van der Waals surface area contributed by atoms with Crippen molar-refractivity contribution in [3.63, 3.8) is 0 Å². The van der Waals surface area contributed by atoms with E-state index in [1.165, 1.54) is 18.5 Å². The smallest absolute Gasteiger partial charge is 0.233 e. The number of halogens is 1. The van der Waals surface area contributed by atoms with Crippen molar-refractivity contribution in [2.45, 2.75) is 52.1 Å². The number of piperidine rings is 2. The topological polar surface area (TPSA) is 84.9 Å². The molecule has 0 radical (unpaired) electrons. The Hall–Kier alpha value is -0.980. The maximum Gasteiger partial charge on any atom is 0.233 e. The molecule has 2 aliphatic heterocycles. The van der Waals surface area contributed by atoms with Crippen molar-refractivity contribution in [2.75, 3.05) is 52.9 Å². The molecule has 0 atom stereocenters. The van der Waals surface area contributed by atoms with Crippen LogP contribution in [0, 0.1) is 12.8 Å². The van der Waals surface area contributed by atoms with Gasteiger partial charge in [-0.1, -0.05) is 0 Å². The predicted octanol–water partition coefficient (Wildman–Crippen LogP) is 2.05. The average Bonchev–Trinajstić information content (AvgIpc) is 3.19. The molecule has 0 aliphatic carbocycles. The number of carbonyl (C=O) groups is 1. The first-order valence-electron chi connectivity index (χ1n) is 11.7. The van der Waals surface area contributed by atoms with E-state index in [0.29, 0.717) is 18.5 Å². The van der Waals surface area contributed by atoms with Crippen LogP contribution in [0.5, 0.6) is 0 Å². The second-order valence-electron chi connectivity index (χ2n) is 8.66. The van der Waals surface area contributed by atoms with Gasteiger partial charge >= 0.3 is 0 Å². The Balaban J connectivity index is 0.00000363. The van der Waals surface area contributed by atoms with Gasteiger partial charge in [-0.25, -0.2) is 4.98 Å². The zero-order chi connectivity index (χ0) is 22.1. The van der Waals surface area contributed by atoms with Crippen LogP contribution in [0.4, 0.5) is 0 Å². The molecule has 2 aliphatic rings. The Morgan fingerprint density at radius 3 is 2.47 bits per heavy atom. The van der Waals surface area contributed by atoms with Gasteiger partial charge < -0.3 is 16.0 Å². The fourth-order valence-electron chi connectivity index (χ4n) is 4.29. The Kier molecular flexibility index (Phi) is 12.2. The first kappa shape index (κ1) is 27.3. The van der Waals surface area contributed by atoms with Crippen molar-refractivity contribution in [1.82, 2.24) is 30.7 Å². The number of aliphatic imine (C=N–C) groups is 1. The Labute approximate surface area is 214 Å². The first-order chi connectivity index (χ1) is 15.1. The molecule has 3 heterocycles. The second-order valence-corrected chi connectivity index (χ2v) is 9.73. The quantitative estimate of drug-likeness (QED) is 0.249. The van der Waals surface area contributed by atoms with Crippen LogP contribution >= 0.6 is 35.3 Å². The SMILES string of the molecule is CCNC(=NCC1CCN(Cc2csc(C)n2)CC1)NC1CCN(CC(=O)NC)CC1.I. The maximum atomic E-state index is 11.6.